The van der Waals surface area contributed by atoms with Gasteiger partial charge < -0.3 is 10.1 Å². The number of ether oxygens (including phenoxy) is 1. The van der Waals surface area contributed by atoms with E-state index in [4.69, 9.17) is 4.74 Å². The smallest absolute Gasteiger partial charge is 0.306 e. The highest BCUT2D eigenvalue weighted by molar-refractivity contribution is 8.14. The number of non-ortho nitro benzene ring substituents is 1. The molecule has 1 aliphatic heterocycles. The molecule has 0 radical (unpaired) electrons. The van der Waals surface area contributed by atoms with Crippen LogP contribution in [0.2, 0.25) is 0 Å². The number of anilines is 1. The number of amidine groups is 1. The minimum absolute atomic E-state index is 0.0256. The first-order valence-corrected chi connectivity index (χ1v) is 8.37. The highest BCUT2D eigenvalue weighted by Crippen LogP contribution is 2.43. The molecule has 1 atom stereocenters. The number of nitro benzene ring substituents is 1. The molecule has 2 aromatic carbocycles. The maximum Gasteiger partial charge on any atom is 0.306 e. The van der Waals surface area contributed by atoms with Crippen molar-refractivity contribution in [3.8, 4) is 0 Å². The van der Waals surface area contributed by atoms with Crippen molar-refractivity contribution in [2.45, 2.75) is 11.7 Å². The van der Waals surface area contributed by atoms with Crippen LogP contribution in [0.1, 0.15) is 17.2 Å². The third-order valence-electron chi connectivity index (χ3n) is 3.67. The van der Waals surface area contributed by atoms with Crippen LogP contribution in [-0.4, -0.2) is 23.2 Å². The number of hydrogen-bond donors (Lipinski definition) is 1. The lowest BCUT2D eigenvalue weighted by atomic mass is 10.1. The number of hydrogen-bond acceptors (Lipinski definition) is 7. The summed E-state index contributed by atoms with van der Waals surface area (Å²) >= 11 is 1.43. The molecule has 1 N–H and O–H groups in total. The van der Waals surface area contributed by atoms with Gasteiger partial charge in [0.1, 0.15) is 0 Å². The van der Waals surface area contributed by atoms with E-state index in [0.717, 1.165) is 11.3 Å². The summed E-state index contributed by atoms with van der Waals surface area (Å²) in [6, 6.07) is 13.7. The van der Waals surface area contributed by atoms with Gasteiger partial charge >= 0.3 is 5.97 Å². The number of thioether (sulfide) groups is 1. The number of nitro groups is 1. The standard InChI is InChI=1S/C17H15N3O4S/c1-24-16(21)10-15-13-4-2-3-5-14(13)19-17(25-15)18-11-6-8-12(9-7-11)20(22)23/h2-9,15H,10H2,1H3,(H,18,19). The van der Waals surface area contributed by atoms with Crippen molar-refractivity contribution >= 4 is 40.0 Å². The summed E-state index contributed by atoms with van der Waals surface area (Å²) < 4.78 is 4.78. The number of fused-ring (bicyclic) bond motifs is 1. The highest BCUT2D eigenvalue weighted by atomic mass is 32.2. The average molecular weight is 357 g/mol. The van der Waals surface area contributed by atoms with Gasteiger partial charge in [-0.05, 0) is 23.8 Å². The fourth-order valence-electron chi connectivity index (χ4n) is 2.43. The Bertz CT molecular complexity index is 836. The molecule has 0 fully saturated rings. The number of carbonyl (C=O) groups is 1. The summed E-state index contributed by atoms with van der Waals surface area (Å²) in [5.41, 5.74) is 2.48. The molecule has 128 valence electrons. The Morgan fingerprint density at radius 2 is 2.00 bits per heavy atom. The SMILES string of the molecule is COC(=O)CC1SC(Nc2ccc([N+](=O)[O-])cc2)=Nc2ccccc21. The van der Waals surface area contributed by atoms with Crippen LogP contribution in [0.4, 0.5) is 17.1 Å². The lowest BCUT2D eigenvalue weighted by Gasteiger charge is -2.24. The zero-order valence-corrected chi connectivity index (χ0v) is 14.2. The van der Waals surface area contributed by atoms with Gasteiger partial charge in [-0.1, -0.05) is 30.0 Å². The second-order valence-electron chi connectivity index (χ2n) is 5.29. The number of benzene rings is 2. The number of rotatable bonds is 4. The molecule has 1 heterocycles. The molecule has 7 nitrogen and oxygen atoms in total. The number of carbonyl (C=O) groups excluding carboxylic acids is 1. The summed E-state index contributed by atoms with van der Waals surface area (Å²) in [7, 11) is 1.37. The van der Waals surface area contributed by atoms with Gasteiger partial charge in [0.15, 0.2) is 5.17 Å². The van der Waals surface area contributed by atoms with Gasteiger partial charge in [-0.2, -0.15) is 0 Å². The van der Waals surface area contributed by atoms with Crippen molar-refractivity contribution in [2.24, 2.45) is 4.99 Å². The average Bonchev–Trinajstić information content (AvgIpc) is 2.62. The van der Waals surface area contributed by atoms with E-state index in [0.29, 0.717) is 10.9 Å². The third-order valence-corrected chi connectivity index (χ3v) is 4.79. The zero-order chi connectivity index (χ0) is 17.8. The summed E-state index contributed by atoms with van der Waals surface area (Å²) in [4.78, 5) is 26.5. The van der Waals surface area contributed by atoms with E-state index in [9.17, 15) is 14.9 Å². The largest absolute Gasteiger partial charge is 0.469 e. The van der Waals surface area contributed by atoms with Crippen LogP contribution in [0.25, 0.3) is 0 Å². The number of nitrogens with zero attached hydrogens (tertiary/aromatic N) is 2. The van der Waals surface area contributed by atoms with Crippen LogP contribution in [0.15, 0.2) is 53.5 Å². The van der Waals surface area contributed by atoms with E-state index in [-0.39, 0.29) is 23.3 Å². The van der Waals surface area contributed by atoms with E-state index in [1.807, 2.05) is 24.3 Å². The summed E-state index contributed by atoms with van der Waals surface area (Å²) in [5, 5.41) is 14.4. The summed E-state index contributed by atoms with van der Waals surface area (Å²) in [6.45, 7) is 0. The molecule has 2 aromatic rings. The lowest BCUT2D eigenvalue weighted by molar-refractivity contribution is -0.384. The van der Waals surface area contributed by atoms with Gasteiger partial charge in [0.2, 0.25) is 0 Å². The van der Waals surface area contributed by atoms with E-state index in [2.05, 4.69) is 10.3 Å². The van der Waals surface area contributed by atoms with Crippen molar-refractivity contribution in [1.82, 2.24) is 0 Å². The van der Waals surface area contributed by atoms with Crippen LogP contribution < -0.4 is 5.32 Å². The lowest BCUT2D eigenvalue weighted by Crippen LogP contribution is -2.16. The first-order chi connectivity index (χ1) is 12.1. The number of methoxy groups -OCH3 is 1. The van der Waals surface area contributed by atoms with Crippen LogP contribution >= 0.6 is 11.8 Å². The second kappa shape index (κ2) is 7.35. The first kappa shape index (κ1) is 17.0. The molecular formula is C17H15N3O4S. The molecule has 8 heteroatoms. The van der Waals surface area contributed by atoms with Crippen molar-refractivity contribution < 1.29 is 14.5 Å². The highest BCUT2D eigenvalue weighted by Gasteiger charge is 2.26. The molecule has 0 aliphatic carbocycles. The number of esters is 1. The maximum atomic E-state index is 11.7. The van der Waals surface area contributed by atoms with E-state index in [1.54, 1.807) is 12.1 Å². The molecule has 0 saturated carbocycles. The minimum atomic E-state index is -0.445. The number of nitrogens with one attached hydrogen (secondary N) is 1. The topological polar surface area (TPSA) is 93.8 Å². The van der Waals surface area contributed by atoms with Crippen molar-refractivity contribution in [2.75, 3.05) is 12.4 Å². The molecule has 1 aliphatic rings. The third kappa shape index (κ3) is 3.97. The Morgan fingerprint density at radius 1 is 1.28 bits per heavy atom. The Balaban J connectivity index is 1.83. The molecule has 0 amide bonds. The quantitative estimate of drug-likeness (QED) is 0.504. The number of aliphatic imine (C=N–C) groups is 1. The fourth-order valence-corrected chi connectivity index (χ4v) is 3.57. The Hall–Kier alpha value is -2.87. The van der Waals surface area contributed by atoms with Crippen LogP contribution in [0, 0.1) is 10.1 Å². The second-order valence-corrected chi connectivity index (χ2v) is 6.48. The molecule has 25 heavy (non-hydrogen) atoms. The zero-order valence-electron chi connectivity index (χ0n) is 13.3. The van der Waals surface area contributed by atoms with Gasteiger partial charge in [0, 0.05) is 23.1 Å². The van der Waals surface area contributed by atoms with Crippen LogP contribution in [0.3, 0.4) is 0 Å². The van der Waals surface area contributed by atoms with Crippen molar-refractivity contribution in [3.05, 3.63) is 64.2 Å². The summed E-state index contributed by atoms with van der Waals surface area (Å²) in [6.07, 6.45) is 0.235. The van der Waals surface area contributed by atoms with Crippen molar-refractivity contribution in [3.63, 3.8) is 0 Å². The predicted molar refractivity (Wildman–Crippen MR) is 97.2 cm³/mol. The fraction of sp³-hybridized carbons (Fsp3) is 0.176. The molecule has 3 rings (SSSR count). The van der Waals surface area contributed by atoms with Crippen molar-refractivity contribution in [1.29, 1.82) is 0 Å². The van der Waals surface area contributed by atoms with Gasteiger partial charge in [0.05, 0.1) is 24.1 Å². The molecule has 0 bridgehead atoms. The van der Waals surface area contributed by atoms with Gasteiger partial charge in [0.25, 0.3) is 5.69 Å². The number of para-hydroxylation sites is 1. The van der Waals surface area contributed by atoms with Crippen LogP contribution in [0.5, 0.6) is 0 Å². The summed E-state index contributed by atoms with van der Waals surface area (Å²) in [5.74, 6) is -0.288. The Morgan fingerprint density at radius 3 is 2.68 bits per heavy atom. The molecule has 0 spiro atoms. The molecule has 0 aromatic heterocycles. The van der Waals surface area contributed by atoms with Gasteiger partial charge in [-0.25, -0.2) is 4.99 Å². The van der Waals surface area contributed by atoms with E-state index >= 15 is 0 Å². The monoisotopic (exact) mass is 357 g/mol. The van der Waals surface area contributed by atoms with Gasteiger partial charge in [-0.15, -0.1) is 0 Å². The van der Waals surface area contributed by atoms with E-state index in [1.165, 1.54) is 31.0 Å². The van der Waals surface area contributed by atoms with Gasteiger partial charge in [-0.3, -0.25) is 14.9 Å². The minimum Gasteiger partial charge on any atom is -0.469 e. The molecule has 0 saturated heterocycles. The molecular weight excluding hydrogens is 342 g/mol. The predicted octanol–water partition coefficient (Wildman–Crippen LogP) is 4.05. The Kier molecular flexibility index (Phi) is 4.99. The van der Waals surface area contributed by atoms with Crippen LogP contribution in [-0.2, 0) is 9.53 Å². The Labute approximate surface area is 148 Å². The van der Waals surface area contributed by atoms with E-state index < -0.39 is 4.92 Å². The maximum absolute atomic E-state index is 11.7. The molecule has 1 unspecified atom stereocenters. The first-order valence-electron chi connectivity index (χ1n) is 7.49. The normalized spacial score (nSPS) is 15.7.